The Balaban J connectivity index is 1.64. The van der Waals surface area contributed by atoms with E-state index in [9.17, 15) is 4.79 Å². The molecule has 8 nitrogen and oxygen atoms in total. The minimum atomic E-state index is -0.389. The van der Waals surface area contributed by atoms with Gasteiger partial charge >= 0.3 is 0 Å². The molecule has 130 valence electrons. The third-order valence-electron chi connectivity index (χ3n) is 3.67. The molecule has 0 N–H and O–H groups in total. The molecule has 1 aliphatic heterocycles. The molecule has 0 fully saturated rings. The highest BCUT2D eigenvalue weighted by Gasteiger charge is 2.26. The number of carbonyl (C=O) groups is 1. The molecule has 0 aliphatic carbocycles. The Bertz CT molecular complexity index is 1050. The average Bonchev–Trinajstić information content (AvgIpc) is 3.32. The molecule has 0 bridgehead atoms. The van der Waals surface area contributed by atoms with Crippen molar-refractivity contribution in [1.82, 2.24) is 20.6 Å². The lowest BCUT2D eigenvalue weighted by Gasteiger charge is -2.11. The van der Waals surface area contributed by atoms with Crippen LogP contribution in [-0.2, 0) is 4.79 Å². The summed E-state index contributed by atoms with van der Waals surface area (Å²) in [6, 6.07) is 8.62. The van der Waals surface area contributed by atoms with Crippen molar-refractivity contribution in [2.24, 2.45) is 5.10 Å². The van der Waals surface area contributed by atoms with Crippen molar-refractivity contribution >= 4 is 46.8 Å². The van der Waals surface area contributed by atoms with Crippen LogP contribution in [0.3, 0.4) is 0 Å². The van der Waals surface area contributed by atoms with Gasteiger partial charge in [-0.05, 0) is 43.3 Å². The van der Waals surface area contributed by atoms with E-state index in [0.29, 0.717) is 38.4 Å². The van der Waals surface area contributed by atoms with Gasteiger partial charge in [-0.1, -0.05) is 23.2 Å². The molecule has 0 saturated heterocycles. The molecule has 0 saturated carbocycles. The molecule has 26 heavy (non-hydrogen) atoms. The fraction of sp³-hybridized carbons (Fsp3) is 0.0625. The van der Waals surface area contributed by atoms with E-state index in [1.54, 1.807) is 43.3 Å². The van der Waals surface area contributed by atoms with Crippen LogP contribution in [0.4, 0.5) is 5.95 Å². The summed E-state index contributed by atoms with van der Waals surface area (Å²) in [5, 5.41) is 20.2. The number of furan rings is 1. The van der Waals surface area contributed by atoms with Crippen LogP contribution in [-0.4, -0.2) is 27.1 Å². The number of tetrazole rings is 1. The molecule has 0 spiro atoms. The number of anilines is 1. The maximum absolute atomic E-state index is 12.5. The number of amides is 1. The summed E-state index contributed by atoms with van der Waals surface area (Å²) in [6.45, 7) is 1.70. The number of hydrazone groups is 1. The number of rotatable bonds is 3. The van der Waals surface area contributed by atoms with Crippen molar-refractivity contribution in [1.29, 1.82) is 0 Å². The molecule has 0 atom stereocenters. The Morgan fingerprint density at radius 2 is 2.08 bits per heavy atom. The van der Waals surface area contributed by atoms with E-state index in [-0.39, 0.29) is 11.9 Å². The number of hydrogen-bond acceptors (Lipinski definition) is 6. The van der Waals surface area contributed by atoms with Gasteiger partial charge in [0.1, 0.15) is 17.5 Å². The van der Waals surface area contributed by atoms with Gasteiger partial charge in [0.15, 0.2) is 0 Å². The second-order valence-electron chi connectivity index (χ2n) is 5.37. The van der Waals surface area contributed by atoms with Crippen molar-refractivity contribution in [3.8, 4) is 11.3 Å². The topological polar surface area (TPSA) is 98.6 Å². The van der Waals surface area contributed by atoms with Gasteiger partial charge in [-0.15, -0.1) is 5.21 Å². The first-order valence-electron chi connectivity index (χ1n) is 7.38. The average molecular weight is 388 g/mol. The Kier molecular flexibility index (Phi) is 4.06. The summed E-state index contributed by atoms with van der Waals surface area (Å²) in [7, 11) is 0. The van der Waals surface area contributed by atoms with Crippen molar-refractivity contribution in [3.63, 3.8) is 0 Å². The minimum absolute atomic E-state index is 0.0193. The van der Waals surface area contributed by atoms with Gasteiger partial charge in [-0.3, -0.25) is 9.89 Å². The normalized spacial score (nSPS) is 15.8. The number of benzene rings is 1. The van der Waals surface area contributed by atoms with Gasteiger partial charge in [-0.25, -0.2) is 15.2 Å². The van der Waals surface area contributed by atoms with Crippen molar-refractivity contribution in [3.05, 3.63) is 51.7 Å². The van der Waals surface area contributed by atoms with Crippen LogP contribution in [0.15, 0.2) is 45.4 Å². The Labute approximate surface area is 157 Å². The number of nitrogens with zero attached hydrogens (tertiary/aromatic N) is 6. The first-order chi connectivity index (χ1) is 12.5. The molecule has 1 aliphatic rings. The number of halogens is 2. The predicted molar refractivity (Wildman–Crippen MR) is 95.9 cm³/mol. The highest BCUT2D eigenvalue weighted by molar-refractivity contribution is 6.36. The SMILES string of the molecule is CC1=NN(c2nnn[n-]2)C(=O)/C1=C\c1ccc(-c2ccc(Cl)cc2Cl)o1. The van der Waals surface area contributed by atoms with E-state index in [2.05, 4.69) is 25.7 Å². The molecule has 0 unspecified atom stereocenters. The standard InChI is InChI=1S/C16H9Cl2N6O2/c1-8-12(15(25)24(21-8)16-19-22-23-20-16)7-10-3-5-14(26-10)11-4-2-9(17)6-13(11)18/h2-7H,1H3/q-1/b12-7-. The maximum Gasteiger partial charge on any atom is 0.239 e. The first kappa shape index (κ1) is 16.5. The van der Waals surface area contributed by atoms with Gasteiger partial charge < -0.3 is 4.42 Å². The van der Waals surface area contributed by atoms with E-state index in [1.807, 2.05) is 0 Å². The molecule has 3 aromatic rings. The van der Waals surface area contributed by atoms with Crippen LogP contribution >= 0.6 is 23.2 Å². The third kappa shape index (κ3) is 2.89. The fourth-order valence-electron chi connectivity index (χ4n) is 2.45. The van der Waals surface area contributed by atoms with Crippen LogP contribution in [0.25, 0.3) is 17.4 Å². The second kappa shape index (κ2) is 6.40. The summed E-state index contributed by atoms with van der Waals surface area (Å²) in [5.41, 5.74) is 1.56. The maximum atomic E-state index is 12.5. The Hall–Kier alpha value is -2.97. The molecule has 4 rings (SSSR count). The lowest BCUT2D eigenvalue weighted by Crippen LogP contribution is -2.22. The lowest BCUT2D eigenvalue weighted by molar-refractivity contribution is -0.114. The molecule has 0 radical (unpaired) electrons. The minimum Gasteiger partial charge on any atom is -0.457 e. The van der Waals surface area contributed by atoms with E-state index >= 15 is 0 Å². The number of hydrogen-bond donors (Lipinski definition) is 0. The molecular formula is C16H9Cl2N6O2-. The largest absolute Gasteiger partial charge is 0.457 e. The molecule has 1 aromatic carbocycles. The first-order valence-corrected chi connectivity index (χ1v) is 8.14. The zero-order valence-corrected chi connectivity index (χ0v) is 14.7. The Morgan fingerprint density at radius 3 is 2.81 bits per heavy atom. The summed E-state index contributed by atoms with van der Waals surface area (Å²) in [4.78, 5) is 12.5. The highest BCUT2D eigenvalue weighted by Crippen LogP contribution is 2.32. The lowest BCUT2D eigenvalue weighted by atomic mass is 10.1. The zero-order valence-electron chi connectivity index (χ0n) is 13.2. The monoisotopic (exact) mass is 387 g/mol. The second-order valence-corrected chi connectivity index (χ2v) is 6.21. The van der Waals surface area contributed by atoms with E-state index < -0.39 is 0 Å². The van der Waals surface area contributed by atoms with Crippen molar-refractivity contribution < 1.29 is 9.21 Å². The molecular weight excluding hydrogens is 379 g/mol. The van der Waals surface area contributed by atoms with E-state index in [0.717, 1.165) is 5.01 Å². The Morgan fingerprint density at radius 1 is 1.23 bits per heavy atom. The third-order valence-corrected chi connectivity index (χ3v) is 4.22. The molecule has 10 heteroatoms. The van der Waals surface area contributed by atoms with Crippen molar-refractivity contribution in [2.45, 2.75) is 6.92 Å². The molecule has 2 aromatic heterocycles. The summed E-state index contributed by atoms with van der Waals surface area (Å²) in [6.07, 6.45) is 1.60. The van der Waals surface area contributed by atoms with Crippen LogP contribution in [0.5, 0.6) is 0 Å². The van der Waals surface area contributed by atoms with Gasteiger partial charge in [0.05, 0.1) is 16.3 Å². The van der Waals surface area contributed by atoms with Gasteiger partial charge in [-0.2, -0.15) is 5.21 Å². The summed E-state index contributed by atoms with van der Waals surface area (Å²) < 4.78 is 5.79. The van der Waals surface area contributed by atoms with Crippen molar-refractivity contribution in [2.75, 3.05) is 5.01 Å². The fourth-order valence-corrected chi connectivity index (χ4v) is 2.95. The smallest absolute Gasteiger partial charge is 0.239 e. The van der Waals surface area contributed by atoms with Crippen LogP contribution < -0.4 is 10.1 Å². The van der Waals surface area contributed by atoms with Gasteiger partial charge in [0.2, 0.25) is 5.91 Å². The van der Waals surface area contributed by atoms with E-state index in [1.165, 1.54) is 0 Å². The van der Waals surface area contributed by atoms with E-state index in [4.69, 9.17) is 27.6 Å². The zero-order chi connectivity index (χ0) is 18.3. The summed E-state index contributed by atoms with van der Waals surface area (Å²) >= 11 is 12.1. The van der Waals surface area contributed by atoms with Crippen LogP contribution in [0, 0.1) is 0 Å². The number of carbonyl (C=O) groups excluding carboxylic acids is 1. The van der Waals surface area contributed by atoms with Gasteiger partial charge in [0.25, 0.3) is 0 Å². The quantitative estimate of drug-likeness (QED) is 0.639. The summed E-state index contributed by atoms with van der Waals surface area (Å²) in [5.74, 6) is 0.666. The van der Waals surface area contributed by atoms with Crippen LogP contribution in [0.2, 0.25) is 10.0 Å². The number of aromatic nitrogens is 4. The molecule has 1 amide bonds. The highest BCUT2D eigenvalue weighted by atomic mass is 35.5. The van der Waals surface area contributed by atoms with Crippen LogP contribution in [0.1, 0.15) is 12.7 Å². The predicted octanol–water partition coefficient (Wildman–Crippen LogP) is 3.20. The molecule has 3 heterocycles. The van der Waals surface area contributed by atoms with Gasteiger partial charge in [0, 0.05) is 10.6 Å².